The highest BCUT2D eigenvalue weighted by molar-refractivity contribution is 7.98. The first-order chi connectivity index (χ1) is 11.1. The van der Waals surface area contributed by atoms with E-state index in [1.54, 1.807) is 4.90 Å². The van der Waals surface area contributed by atoms with E-state index in [-0.39, 0.29) is 11.7 Å². The highest BCUT2D eigenvalue weighted by Gasteiger charge is 2.23. The minimum Gasteiger partial charge on any atom is -0.311 e. The lowest BCUT2D eigenvalue weighted by Crippen LogP contribution is -2.35. The van der Waals surface area contributed by atoms with Crippen LogP contribution in [0.5, 0.6) is 0 Å². The fourth-order valence-corrected chi connectivity index (χ4v) is 3.96. The predicted octanol–water partition coefficient (Wildman–Crippen LogP) is 5.29. The molecule has 2 aromatic rings. The van der Waals surface area contributed by atoms with Gasteiger partial charge in [0, 0.05) is 23.6 Å². The van der Waals surface area contributed by atoms with Crippen LogP contribution in [0.2, 0.25) is 5.02 Å². The topological polar surface area (TPSA) is 20.3 Å². The summed E-state index contributed by atoms with van der Waals surface area (Å²) in [4.78, 5) is 14.4. The Morgan fingerprint density at radius 2 is 1.96 bits per heavy atom. The van der Waals surface area contributed by atoms with Gasteiger partial charge < -0.3 is 4.90 Å². The predicted molar refractivity (Wildman–Crippen MR) is 93.6 cm³/mol. The molecule has 0 unspecified atom stereocenters. The van der Waals surface area contributed by atoms with Gasteiger partial charge in [0.2, 0.25) is 5.91 Å². The number of piperidine rings is 1. The van der Waals surface area contributed by atoms with E-state index in [0.717, 1.165) is 18.4 Å². The maximum absolute atomic E-state index is 14.0. The molecule has 1 amide bonds. The van der Waals surface area contributed by atoms with Gasteiger partial charge in [-0.05, 0) is 30.5 Å². The third-order valence-corrected chi connectivity index (χ3v) is 5.46. The molecule has 1 heterocycles. The van der Waals surface area contributed by atoms with Crippen molar-refractivity contribution >= 4 is 35.0 Å². The number of nitrogens with zero attached hydrogens (tertiary/aromatic N) is 1. The Kier molecular flexibility index (Phi) is 5.23. The van der Waals surface area contributed by atoms with Crippen molar-refractivity contribution in [2.24, 2.45) is 0 Å². The normalized spacial score (nSPS) is 15.0. The lowest BCUT2D eigenvalue weighted by atomic mass is 10.1. The van der Waals surface area contributed by atoms with Gasteiger partial charge in [-0.1, -0.05) is 41.9 Å². The summed E-state index contributed by atoms with van der Waals surface area (Å²) in [6.45, 7) is 0.602. The number of carbonyl (C=O) groups is 1. The smallest absolute Gasteiger partial charge is 0.227 e. The van der Waals surface area contributed by atoms with Crippen molar-refractivity contribution in [2.75, 3.05) is 11.4 Å². The van der Waals surface area contributed by atoms with E-state index >= 15 is 0 Å². The highest BCUT2D eigenvalue weighted by atomic mass is 35.5. The first-order valence-corrected chi connectivity index (χ1v) is 8.97. The quantitative estimate of drug-likeness (QED) is 0.699. The van der Waals surface area contributed by atoms with Gasteiger partial charge in [0.15, 0.2) is 0 Å². The second-order valence-corrected chi connectivity index (χ2v) is 6.91. The van der Waals surface area contributed by atoms with Crippen molar-refractivity contribution in [3.63, 3.8) is 0 Å². The minimum atomic E-state index is -0.363. The fourth-order valence-electron chi connectivity index (χ4n) is 2.65. The molecule has 5 heteroatoms. The molecule has 0 atom stereocenters. The second kappa shape index (κ2) is 7.37. The Morgan fingerprint density at radius 3 is 2.70 bits per heavy atom. The average molecular weight is 350 g/mol. The molecule has 0 radical (unpaired) electrons. The van der Waals surface area contributed by atoms with E-state index in [1.165, 1.54) is 23.9 Å². The lowest BCUT2D eigenvalue weighted by molar-refractivity contribution is -0.119. The van der Waals surface area contributed by atoms with Gasteiger partial charge in [0.05, 0.1) is 10.7 Å². The van der Waals surface area contributed by atoms with Crippen LogP contribution in [-0.4, -0.2) is 12.5 Å². The molecular weight excluding hydrogens is 333 g/mol. The van der Waals surface area contributed by atoms with Crippen molar-refractivity contribution in [1.29, 1.82) is 0 Å². The van der Waals surface area contributed by atoms with E-state index in [4.69, 9.17) is 11.6 Å². The lowest BCUT2D eigenvalue weighted by Gasteiger charge is -2.28. The van der Waals surface area contributed by atoms with Gasteiger partial charge in [0.25, 0.3) is 0 Å². The van der Waals surface area contributed by atoms with E-state index < -0.39 is 0 Å². The second-order valence-electron chi connectivity index (χ2n) is 5.51. The molecule has 1 aliphatic rings. The van der Waals surface area contributed by atoms with Crippen LogP contribution in [0.1, 0.15) is 24.8 Å². The number of anilines is 1. The number of thioether (sulfide) groups is 1. The molecule has 1 fully saturated rings. The zero-order valence-electron chi connectivity index (χ0n) is 12.6. The van der Waals surface area contributed by atoms with Gasteiger partial charge in [-0.15, -0.1) is 11.8 Å². The van der Waals surface area contributed by atoms with Crippen LogP contribution in [0.25, 0.3) is 0 Å². The monoisotopic (exact) mass is 349 g/mol. The van der Waals surface area contributed by atoms with Gasteiger partial charge in [-0.25, -0.2) is 4.39 Å². The molecular formula is C18H17ClFNOS. The van der Waals surface area contributed by atoms with Crippen LogP contribution in [-0.2, 0) is 10.5 Å². The van der Waals surface area contributed by atoms with Crippen LogP contribution in [0.15, 0.2) is 47.4 Å². The zero-order chi connectivity index (χ0) is 16.2. The number of hydrogen-bond acceptors (Lipinski definition) is 2. The number of benzene rings is 2. The minimum absolute atomic E-state index is 0.0164. The molecule has 3 rings (SSSR count). The largest absolute Gasteiger partial charge is 0.311 e. The summed E-state index contributed by atoms with van der Waals surface area (Å²) in [5, 5.41) is 0.461. The number of amides is 1. The summed E-state index contributed by atoms with van der Waals surface area (Å²) in [6.07, 6.45) is 2.31. The Bertz CT molecular complexity index is 708. The standard InChI is InChI=1S/C18H17ClFNOS/c19-18-15(21-9-5-4-8-17(21)22)10-14(20)11-16(18)23-12-13-6-2-1-3-7-13/h1-3,6-7,10-11H,4-5,8-9,12H2. The molecule has 1 aliphatic heterocycles. The SMILES string of the molecule is O=C1CCCCN1c1cc(F)cc(SCc2ccccc2)c1Cl. The number of rotatable bonds is 4. The Labute approximate surface area is 144 Å². The maximum atomic E-state index is 14.0. The Morgan fingerprint density at radius 1 is 1.17 bits per heavy atom. The third-order valence-electron chi connectivity index (χ3n) is 3.84. The maximum Gasteiger partial charge on any atom is 0.227 e. The molecule has 23 heavy (non-hydrogen) atoms. The fraction of sp³-hybridized carbons (Fsp3) is 0.278. The number of carbonyl (C=O) groups excluding carboxylic acids is 1. The molecule has 2 nitrogen and oxygen atoms in total. The van der Waals surface area contributed by atoms with E-state index in [0.29, 0.717) is 34.3 Å². The summed E-state index contributed by atoms with van der Waals surface area (Å²) < 4.78 is 14.0. The summed E-state index contributed by atoms with van der Waals surface area (Å²) in [6, 6.07) is 12.8. The van der Waals surface area contributed by atoms with Crippen molar-refractivity contribution < 1.29 is 9.18 Å². The molecule has 0 aromatic heterocycles. The molecule has 2 aromatic carbocycles. The van der Waals surface area contributed by atoms with Gasteiger partial charge in [-0.3, -0.25) is 4.79 Å². The molecule has 120 valence electrons. The highest BCUT2D eigenvalue weighted by Crippen LogP contribution is 2.38. The summed E-state index contributed by atoms with van der Waals surface area (Å²) in [7, 11) is 0. The zero-order valence-corrected chi connectivity index (χ0v) is 14.2. The van der Waals surface area contributed by atoms with E-state index in [9.17, 15) is 9.18 Å². The van der Waals surface area contributed by atoms with Crippen molar-refractivity contribution in [3.8, 4) is 0 Å². The van der Waals surface area contributed by atoms with Gasteiger partial charge in [0.1, 0.15) is 5.82 Å². The number of hydrogen-bond donors (Lipinski definition) is 0. The first-order valence-electron chi connectivity index (χ1n) is 7.61. The van der Waals surface area contributed by atoms with E-state index in [2.05, 4.69) is 0 Å². The molecule has 0 saturated carbocycles. The average Bonchev–Trinajstić information content (AvgIpc) is 2.57. The van der Waals surface area contributed by atoms with Gasteiger partial charge in [-0.2, -0.15) is 0 Å². The van der Waals surface area contributed by atoms with Gasteiger partial charge >= 0.3 is 0 Å². The Hall–Kier alpha value is -1.52. The summed E-state index contributed by atoms with van der Waals surface area (Å²) in [5.74, 6) is 0.360. The van der Waals surface area contributed by atoms with Crippen LogP contribution < -0.4 is 4.90 Å². The van der Waals surface area contributed by atoms with Crippen molar-refractivity contribution in [2.45, 2.75) is 29.9 Å². The molecule has 0 spiro atoms. The van der Waals surface area contributed by atoms with Crippen molar-refractivity contribution in [1.82, 2.24) is 0 Å². The third kappa shape index (κ3) is 3.88. The molecule has 0 aliphatic carbocycles. The van der Waals surface area contributed by atoms with E-state index in [1.807, 2.05) is 30.3 Å². The van der Waals surface area contributed by atoms with Crippen LogP contribution in [0.4, 0.5) is 10.1 Å². The van der Waals surface area contributed by atoms with Crippen LogP contribution >= 0.6 is 23.4 Å². The summed E-state index contributed by atoms with van der Waals surface area (Å²) in [5.41, 5.74) is 1.64. The summed E-state index contributed by atoms with van der Waals surface area (Å²) >= 11 is 7.95. The van der Waals surface area contributed by atoms with Crippen molar-refractivity contribution in [3.05, 3.63) is 58.9 Å². The first kappa shape index (κ1) is 16.3. The Balaban J connectivity index is 1.85. The molecule has 0 bridgehead atoms. The van der Waals surface area contributed by atoms with Crippen LogP contribution in [0, 0.1) is 5.82 Å². The van der Waals surface area contributed by atoms with Crippen LogP contribution in [0.3, 0.4) is 0 Å². The number of halogens is 2. The molecule has 0 N–H and O–H groups in total. The molecule has 1 saturated heterocycles.